The Morgan fingerprint density at radius 1 is 1.50 bits per heavy atom. The van der Waals surface area contributed by atoms with Gasteiger partial charge in [0.25, 0.3) is 0 Å². The predicted octanol–water partition coefficient (Wildman–Crippen LogP) is 1.32. The van der Waals surface area contributed by atoms with Gasteiger partial charge in [-0.05, 0) is 43.4 Å². The van der Waals surface area contributed by atoms with Crippen LogP contribution in [0.3, 0.4) is 0 Å². The van der Waals surface area contributed by atoms with Crippen molar-refractivity contribution in [3.8, 4) is 0 Å². The smallest absolute Gasteiger partial charge is 0.161 e. The first-order chi connectivity index (χ1) is 7.74. The van der Waals surface area contributed by atoms with E-state index < -0.39 is 0 Å². The Balaban J connectivity index is 1.91. The van der Waals surface area contributed by atoms with Crippen LogP contribution in [-0.4, -0.2) is 20.6 Å². The van der Waals surface area contributed by atoms with Crippen molar-refractivity contribution in [1.29, 1.82) is 0 Å². The van der Waals surface area contributed by atoms with E-state index in [1.165, 1.54) is 18.4 Å². The van der Waals surface area contributed by atoms with Gasteiger partial charge in [-0.1, -0.05) is 0 Å². The van der Waals surface area contributed by atoms with E-state index in [0.29, 0.717) is 5.92 Å². The maximum absolute atomic E-state index is 6.11. The highest BCUT2D eigenvalue weighted by atomic mass is 15.2. The fourth-order valence-electron chi connectivity index (χ4n) is 2.08. The molecule has 1 fully saturated rings. The molecule has 16 heavy (non-hydrogen) atoms. The number of hydrogen-bond donors (Lipinski definition) is 1. The number of nitrogens with two attached hydrogens (primary N) is 1. The molecule has 4 heteroatoms. The number of hydrogen-bond acceptors (Lipinski definition) is 3. The highest BCUT2D eigenvalue weighted by Gasteiger charge is 2.29. The summed E-state index contributed by atoms with van der Waals surface area (Å²) in [4.78, 5) is 0. The van der Waals surface area contributed by atoms with Crippen LogP contribution in [0.1, 0.15) is 24.2 Å². The SMILES string of the molecule is Cc1ccn2c(CC(N)C3CC3)nnc2c1. The van der Waals surface area contributed by atoms with E-state index in [9.17, 15) is 0 Å². The molecule has 2 aromatic heterocycles. The number of aromatic nitrogens is 3. The van der Waals surface area contributed by atoms with Crippen LogP contribution in [0, 0.1) is 12.8 Å². The van der Waals surface area contributed by atoms with E-state index in [4.69, 9.17) is 5.73 Å². The minimum Gasteiger partial charge on any atom is -0.327 e. The summed E-state index contributed by atoms with van der Waals surface area (Å²) < 4.78 is 2.04. The van der Waals surface area contributed by atoms with E-state index in [1.54, 1.807) is 0 Å². The maximum Gasteiger partial charge on any atom is 0.161 e. The summed E-state index contributed by atoms with van der Waals surface area (Å²) in [7, 11) is 0. The minimum atomic E-state index is 0.244. The third-order valence-electron chi connectivity index (χ3n) is 3.28. The van der Waals surface area contributed by atoms with Crippen LogP contribution in [0.2, 0.25) is 0 Å². The quantitative estimate of drug-likeness (QED) is 0.841. The Labute approximate surface area is 94.5 Å². The van der Waals surface area contributed by atoms with Crippen LogP contribution in [0.15, 0.2) is 18.3 Å². The zero-order valence-electron chi connectivity index (χ0n) is 9.43. The van der Waals surface area contributed by atoms with Gasteiger partial charge >= 0.3 is 0 Å². The lowest BCUT2D eigenvalue weighted by atomic mass is 10.1. The van der Waals surface area contributed by atoms with Gasteiger partial charge < -0.3 is 5.73 Å². The average molecular weight is 216 g/mol. The van der Waals surface area contributed by atoms with Gasteiger partial charge in [-0.2, -0.15) is 0 Å². The Kier molecular flexibility index (Phi) is 2.17. The first-order valence-electron chi connectivity index (χ1n) is 5.80. The Morgan fingerprint density at radius 3 is 3.06 bits per heavy atom. The molecule has 84 valence electrons. The lowest BCUT2D eigenvalue weighted by Gasteiger charge is -2.08. The van der Waals surface area contributed by atoms with Crippen LogP contribution in [-0.2, 0) is 6.42 Å². The third-order valence-corrected chi connectivity index (χ3v) is 3.28. The molecule has 0 radical (unpaired) electrons. The molecule has 2 heterocycles. The topological polar surface area (TPSA) is 56.2 Å². The molecule has 0 bridgehead atoms. The lowest BCUT2D eigenvalue weighted by molar-refractivity contribution is 0.572. The van der Waals surface area contributed by atoms with Crippen molar-refractivity contribution in [3.05, 3.63) is 29.7 Å². The van der Waals surface area contributed by atoms with Crippen molar-refractivity contribution in [2.75, 3.05) is 0 Å². The Bertz CT molecular complexity index is 513. The van der Waals surface area contributed by atoms with Gasteiger partial charge in [0.15, 0.2) is 5.65 Å². The summed E-state index contributed by atoms with van der Waals surface area (Å²) in [5.41, 5.74) is 8.23. The molecule has 4 nitrogen and oxygen atoms in total. The average Bonchev–Trinajstić information content (AvgIpc) is 3.03. The molecule has 0 aliphatic heterocycles. The summed E-state index contributed by atoms with van der Waals surface area (Å²) in [6.45, 7) is 2.06. The second kappa shape index (κ2) is 3.56. The van der Waals surface area contributed by atoms with Gasteiger partial charge in [0.2, 0.25) is 0 Å². The van der Waals surface area contributed by atoms with Gasteiger partial charge in [0.1, 0.15) is 5.82 Å². The Morgan fingerprint density at radius 2 is 2.31 bits per heavy atom. The van der Waals surface area contributed by atoms with Gasteiger partial charge in [-0.15, -0.1) is 10.2 Å². The lowest BCUT2D eigenvalue weighted by Crippen LogP contribution is -2.26. The monoisotopic (exact) mass is 216 g/mol. The van der Waals surface area contributed by atoms with Crippen LogP contribution in [0.25, 0.3) is 5.65 Å². The molecule has 2 N–H and O–H groups in total. The number of rotatable bonds is 3. The van der Waals surface area contributed by atoms with Gasteiger partial charge in [0, 0.05) is 18.7 Å². The van der Waals surface area contributed by atoms with Gasteiger partial charge in [-0.25, -0.2) is 0 Å². The predicted molar refractivity (Wildman–Crippen MR) is 62.1 cm³/mol. The third kappa shape index (κ3) is 1.69. The molecule has 2 aromatic rings. The molecule has 1 saturated carbocycles. The van der Waals surface area contributed by atoms with Crippen molar-refractivity contribution >= 4 is 5.65 Å². The number of fused-ring (bicyclic) bond motifs is 1. The molecule has 1 atom stereocenters. The van der Waals surface area contributed by atoms with Crippen molar-refractivity contribution < 1.29 is 0 Å². The molecule has 3 rings (SSSR count). The summed E-state index contributed by atoms with van der Waals surface area (Å²) in [6.07, 6.45) is 5.41. The standard InChI is InChI=1S/C12H16N4/c1-8-4-5-16-11(6-8)14-15-12(16)7-10(13)9-2-3-9/h4-6,9-10H,2-3,7,13H2,1H3. The highest BCUT2D eigenvalue weighted by molar-refractivity contribution is 5.40. The van der Waals surface area contributed by atoms with E-state index in [1.807, 2.05) is 16.7 Å². The first-order valence-corrected chi connectivity index (χ1v) is 5.80. The zero-order valence-corrected chi connectivity index (χ0v) is 9.43. The highest BCUT2D eigenvalue weighted by Crippen LogP contribution is 2.32. The number of aryl methyl sites for hydroxylation is 1. The second-order valence-corrected chi connectivity index (χ2v) is 4.75. The maximum atomic E-state index is 6.11. The molecule has 1 aliphatic carbocycles. The van der Waals surface area contributed by atoms with Crippen molar-refractivity contribution in [2.24, 2.45) is 11.7 Å². The number of nitrogens with zero attached hydrogens (tertiary/aromatic N) is 3. The fraction of sp³-hybridized carbons (Fsp3) is 0.500. The zero-order chi connectivity index (χ0) is 11.1. The minimum absolute atomic E-state index is 0.244. The van der Waals surface area contributed by atoms with Crippen LogP contribution < -0.4 is 5.73 Å². The molecule has 0 spiro atoms. The van der Waals surface area contributed by atoms with Crippen molar-refractivity contribution in [2.45, 2.75) is 32.2 Å². The normalized spacial score (nSPS) is 17.9. The molecule has 1 unspecified atom stereocenters. The molecule has 0 saturated heterocycles. The summed E-state index contributed by atoms with van der Waals surface area (Å²) >= 11 is 0. The molecular weight excluding hydrogens is 200 g/mol. The van der Waals surface area contributed by atoms with E-state index in [-0.39, 0.29) is 6.04 Å². The summed E-state index contributed by atoms with van der Waals surface area (Å²) in [5, 5.41) is 8.39. The van der Waals surface area contributed by atoms with E-state index >= 15 is 0 Å². The molecule has 1 aliphatic rings. The largest absolute Gasteiger partial charge is 0.327 e. The molecule has 0 amide bonds. The molecule has 0 aromatic carbocycles. The molecular formula is C12H16N4. The second-order valence-electron chi connectivity index (χ2n) is 4.75. The summed E-state index contributed by atoms with van der Waals surface area (Å²) in [6, 6.07) is 4.36. The van der Waals surface area contributed by atoms with Crippen LogP contribution in [0.4, 0.5) is 0 Å². The summed E-state index contributed by atoms with van der Waals surface area (Å²) in [5.74, 6) is 1.69. The van der Waals surface area contributed by atoms with Crippen molar-refractivity contribution in [1.82, 2.24) is 14.6 Å². The van der Waals surface area contributed by atoms with Crippen LogP contribution in [0.5, 0.6) is 0 Å². The first kappa shape index (κ1) is 9.78. The van der Waals surface area contributed by atoms with E-state index in [0.717, 1.165) is 17.9 Å². The van der Waals surface area contributed by atoms with E-state index in [2.05, 4.69) is 23.2 Å². The van der Waals surface area contributed by atoms with Crippen LogP contribution >= 0.6 is 0 Å². The Hall–Kier alpha value is -1.42. The fourth-order valence-corrected chi connectivity index (χ4v) is 2.08. The van der Waals surface area contributed by atoms with Crippen molar-refractivity contribution in [3.63, 3.8) is 0 Å². The number of pyridine rings is 1. The van der Waals surface area contributed by atoms with Gasteiger partial charge in [0.05, 0.1) is 0 Å². The van der Waals surface area contributed by atoms with Gasteiger partial charge in [-0.3, -0.25) is 4.40 Å².